The van der Waals surface area contributed by atoms with E-state index in [0.717, 1.165) is 18.5 Å². The van der Waals surface area contributed by atoms with Gasteiger partial charge in [-0.05, 0) is 18.2 Å². The van der Waals surface area contributed by atoms with E-state index in [2.05, 4.69) is 10.4 Å². The van der Waals surface area contributed by atoms with Gasteiger partial charge in [-0.15, -0.1) is 0 Å². The molecule has 108 valence electrons. The molecule has 4 nitrogen and oxygen atoms in total. The summed E-state index contributed by atoms with van der Waals surface area (Å²) >= 11 is 0. The molecular formula is C13H14F3N3O. The zero-order chi connectivity index (χ0) is 14.8. The molecule has 0 spiro atoms. The summed E-state index contributed by atoms with van der Waals surface area (Å²) in [7, 11) is 0. The highest BCUT2D eigenvalue weighted by atomic mass is 19.4. The topological polar surface area (TPSA) is 64.1 Å². The number of nitrogens with one attached hydrogen (secondary N) is 1. The van der Waals surface area contributed by atoms with E-state index >= 15 is 0 Å². The van der Waals surface area contributed by atoms with E-state index in [0.29, 0.717) is 17.9 Å². The van der Waals surface area contributed by atoms with Gasteiger partial charge in [0.15, 0.2) is 0 Å². The minimum absolute atomic E-state index is 0.0699. The highest BCUT2D eigenvalue weighted by Crippen LogP contribution is 2.36. The maximum Gasteiger partial charge on any atom is 0.416 e. The molecule has 0 saturated carbocycles. The Morgan fingerprint density at radius 2 is 2.10 bits per heavy atom. The number of nitrogens with two attached hydrogens (primary N) is 1. The van der Waals surface area contributed by atoms with Crippen LogP contribution >= 0.6 is 0 Å². The van der Waals surface area contributed by atoms with Gasteiger partial charge in [0.1, 0.15) is 17.6 Å². The van der Waals surface area contributed by atoms with Crippen LogP contribution in [0, 0.1) is 0 Å². The van der Waals surface area contributed by atoms with Gasteiger partial charge in [0.2, 0.25) is 0 Å². The van der Waals surface area contributed by atoms with Gasteiger partial charge < -0.3 is 4.42 Å². The molecule has 0 saturated heterocycles. The normalized spacial score (nSPS) is 13.4. The van der Waals surface area contributed by atoms with E-state index in [1.165, 1.54) is 0 Å². The first-order valence-corrected chi connectivity index (χ1v) is 6.03. The van der Waals surface area contributed by atoms with Crippen molar-refractivity contribution in [1.29, 1.82) is 0 Å². The largest absolute Gasteiger partial charge is 0.464 e. The number of hydrogen-bond donors (Lipinski definition) is 2. The molecule has 2 aromatic heterocycles. The minimum Gasteiger partial charge on any atom is -0.464 e. The van der Waals surface area contributed by atoms with E-state index in [4.69, 9.17) is 10.3 Å². The second-order valence-corrected chi connectivity index (χ2v) is 4.22. The Morgan fingerprint density at radius 1 is 1.35 bits per heavy atom. The number of hydrogen-bond acceptors (Lipinski definition) is 4. The van der Waals surface area contributed by atoms with Crippen LogP contribution in [0.25, 0.3) is 0 Å². The van der Waals surface area contributed by atoms with Gasteiger partial charge in [-0.2, -0.15) is 13.2 Å². The van der Waals surface area contributed by atoms with Gasteiger partial charge in [-0.25, -0.2) is 5.43 Å². The lowest BCUT2D eigenvalue weighted by molar-refractivity contribution is -0.138. The Bertz CT molecular complexity index is 580. The molecule has 2 aromatic rings. The van der Waals surface area contributed by atoms with Crippen LogP contribution in [-0.4, -0.2) is 4.98 Å². The van der Waals surface area contributed by atoms with E-state index in [9.17, 15) is 13.2 Å². The molecule has 0 fully saturated rings. The number of halogens is 3. The Morgan fingerprint density at radius 3 is 2.65 bits per heavy atom. The maximum absolute atomic E-state index is 13.0. The molecule has 0 aromatic carbocycles. The third kappa shape index (κ3) is 2.83. The summed E-state index contributed by atoms with van der Waals surface area (Å²) in [5, 5.41) is 0. The van der Waals surface area contributed by atoms with Crippen molar-refractivity contribution in [3.63, 3.8) is 0 Å². The first-order valence-electron chi connectivity index (χ1n) is 6.03. The highest BCUT2D eigenvalue weighted by Gasteiger charge is 2.36. The molecule has 2 heterocycles. The van der Waals surface area contributed by atoms with Crippen molar-refractivity contribution in [2.45, 2.75) is 25.6 Å². The Balaban J connectivity index is 2.47. The summed E-state index contributed by atoms with van der Waals surface area (Å²) in [5.41, 5.74) is 1.49. The number of nitrogens with zero attached hydrogens (tertiary/aromatic N) is 1. The fourth-order valence-electron chi connectivity index (χ4n) is 1.96. The number of aromatic nitrogens is 1. The van der Waals surface area contributed by atoms with Crippen molar-refractivity contribution in [2.75, 3.05) is 0 Å². The molecule has 0 amide bonds. The quantitative estimate of drug-likeness (QED) is 0.669. The second-order valence-electron chi connectivity index (χ2n) is 4.22. The van der Waals surface area contributed by atoms with Crippen LogP contribution in [0.15, 0.2) is 35.0 Å². The molecule has 7 heteroatoms. The molecule has 0 bridgehead atoms. The molecule has 3 N–H and O–H groups in total. The van der Waals surface area contributed by atoms with Crippen LogP contribution in [0.2, 0.25) is 0 Å². The van der Waals surface area contributed by atoms with Gasteiger partial charge >= 0.3 is 6.18 Å². The standard InChI is InChI=1S/C13H14F3N3O/c1-2-8-3-4-11(20-8)12(19-17)9-7-18-6-5-10(9)13(14,15)16/h3-7,12,19H,2,17H2,1H3. The number of alkyl halides is 3. The maximum atomic E-state index is 13.0. The zero-order valence-corrected chi connectivity index (χ0v) is 10.7. The van der Waals surface area contributed by atoms with E-state index in [-0.39, 0.29) is 5.56 Å². The van der Waals surface area contributed by atoms with Crippen molar-refractivity contribution >= 4 is 0 Å². The zero-order valence-electron chi connectivity index (χ0n) is 10.7. The third-order valence-corrected chi connectivity index (χ3v) is 2.95. The molecule has 1 unspecified atom stereocenters. The van der Waals surface area contributed by atoms with Crippen molar-refractivity contribution in [3.05, 3.63) is 53.2 Å². The lowest BCUT2D eigenvalue weighted by Crippen LogP contribution is -2.30. The molecule has 0 aliphatic heterocycles. The summed E-state index contributed by atoms with van der Waals surface area (Å²) in [5.74, 6) is 6.40. The van der Waals surface area contributed by atoms with Crippen molar-refractivity contribution in [3.8, 4) is 0 Å². The first kappa shape index (κ1) is 14.5. The molecule has 20 heavy (non-hydrogen) atoms. The minimum atomic E-state index is -4.48. The molecule has 1 atom stereocenters. The van der Waals surface area contributed by atoms with Crippen LogP contribution in [0.5, 0.6) is 0 Å². The Hall–Kier alpha value is -1.86. The smallest absolute Gasteiger partial charge is 0.416 e. The van der Waals surface area contributed by atoms with E-state index in [1.807, 2.05) is 6.92 Å². The Labute approximate surface area is 113 Å². The predicted octanol–water partition coefficient (Wildman–Crippen LogP) is 2.81. The van der Waals surface area contributed by atoms with E-state index in [1.54, 1.807) is 12.1 Å². The number of pyridine rings is 1. The van der Waals surface area contributed by atoms with Crippen molar-refractivity contribution in [2.24, 2.45) is 5.84 Å². The lowest BCUT2D eigenvalue weighted by Gasteiger charge is -2.18. The van der Waals surface area contributed by atoms with Crippen molar-refractivity contribution in [1.82, 2.24) is 10.4 Å². The number of aryl methyl sites for hydroxylation is 1. The third-order valence-electron chi connectivity index (χ3n) is 2.95. The second kappa shape index (κ2) is 5.64. The number of rotatable bonds is 4. The summed E-state index contributed by atoms with van der Waals surface area (Å²) < 4.78 is 44.5. The average molecular weight is 285 g/mol. The van der Waals surface area contributed by atoms with Gasteiger partial charge in [0.25, 0.3) is 0 Å². The highest BCUT2D eigenvalue weighted by molar-refractivity contribution is 5.34. The summed E-state index contributed by atoms with van der Waals surface area (Å²) in [4.78, 5) is 3.74. The van der Waals surface area contributed by atoms with Crippen LogP contribution in [-0.2, 0) is 12.6 Å². The number of hydrazine groups is 1. The molecule has 2 rings (SSSR count). The van der Waals surface area contributed by atoms with Gasteiger partial charge in [0, 0.05) is 24.4 Å². The molecule has 0 aliphatic carbocycles. The monoisotopic (exact) mass is 285 g/mol. The van der Waals surface area contributed by atoms with Gasteiger partial charge in [0.05, 0.1) is 5.56 Å². The van der Waals surface area contributed by atoms with Crippen molar-refractivity contribution < 1.29 is 17.6 Å². The molecule has 0 aliphatic rings. The van der Waals surface area contributed by atoms with Crippen LogP contribution in [0.1, 0.15) is 35.6 Å². The first-order chi connectivity index (χ1) is 9.47. The molecular weight excluding hydrogens is 271 g/mol. The van der Waals surface area contributed by atoms with Crippen LogP contribution in [0.3, 0.4) is 0 Å². The summed E-state index contributed by atoms with van der Waals surface area (Å²) in [6.07, 6.45) is -1.59. The lowest BCUT2D eigenvalue weighted by atomic mass is 10.0. The average Bonchev–Trinajstić information content (AvgIpc) is 2.88. The van der Waals surface area contributed by atoms with Gasteiger partial charge in [-0.3, -0.25) is 10.8 Å². The van der Waals surface area contributed by atoms with Crippen LogP contribution in [0.4, 0.5) is 13.2 Å². The summed E-state index contributed by atoms with van der Waals surface area (Å²) in [6.45, 7) is 1.89. The number of furan rings is 1. The predicted molar refractivity (Wildman–Crippen MR) is 66.5 cm³/mol. The fraction of sp³-hybridized carbons (Fsp3) is 0.308. The summed E-state index contributed by atoms with van der Waals surface area (Å²) in [6, 6.07) is 3.34. The van der Waals surface area contributed by atoms with Gasteiger partial charge in [-0.1, -0.05) is 6.92 Å². The Kier molecular flexibility index (Phi) is 4.10. The fourth-order valence-corrected chi connectivity index (χ4v) is 1.96. The molecule has 0 radical (unpaired) electrons. The van der Waals surface area contributed by atoms with E-state index < -0.39 is 17.8 Å². The van der Waals surface area contributed by atoms with Crippen LogP contribution < -0.4 is 11.3 Å². The SMILES string of the molecule is CCc1ccc(C(NN)c2cnccc2C(F)(F)F)o1.